The van der Waals surface area contributed by atoms with Crippen LogP contribution in [0.3, 0.4) is 0 Å². The molecule has 1 fully saturated rings. The van der Waals surface area contributed by atoms with E-state index in [9.17, 15) is 18.4 Å². The summed E-state index contributed by atoms with van der Waals surface area (Å²) in [6.45, 7) is 0. The molecule has 0 atom stereocenters. The number of carbonyl (C=O) groups excluding carboxylic acids is 2. The van der Waals surface area contributed by atoms with Crippen molar-refractivity contribution in [2.45, 2.75) is 31.6 Å². The molecule has 0 aromatic rings. The summed E-state index contributed by atoms with van der Waals surface area (Å²) in [5.41, 5.74) is 8.71. The third-order valence-electron chi connectivity index (χ3n) is 2.40. The second kappa shape index (κ2) is 4.41. The Bertz CT molecular complexity index is 261. The van der Waals surface area contributed by atoms with Crippen LogP contribution in [0.5, 0.6) is 0 Å². The summed E-state index contributed by atoms with van der Waals surface area (Å²) in [5, 5.41) is 0. The summed E-state index contributed by atoms with van der Waals surface area (Å²) < 4.78 is 25.5. The van der Waals surface area contributed by atoms with Gasteiger partial charge in [-0.05, 0) is 12.8 Å². The third-order valence-corrected chi connectivity index (χ3v) is 2.40. The van der Waals surface area contributed by atoms with Crippen molar-refractivity contribution in [2.24, 2.45) is 11.7 Å². The molecule has 0 saturated heterocycles. The van der Waals surface area contributed by atoms with Gasteiger partial charge in [0.25, 0.3) is 0 Å². The molecular weight excluding hydrogens is 208 g/mol. The van der Waals surface area contributed by atoms with Gasteiger partial charge in [0.05, 0.1) is 0 Å². The fourth-order valence-electron chi connectivity index (χ4n) is 1.53. The quantitative estimate of drug-likeness (QED) is 0.564. The monoisotopic (exact) mass is 221 g/mol. The summed E-state index contributed by atoms with van der Waals surface area (Å²) in [5.74, 6) is -3.60. The highest BCUT2D eigenvalue weighted by Crippen LogP contribution is 2.35. The minimum absolute atomic E-state index is 0.124. The lowest BCUT2D eigenvalue weighted by molar-refractivity contribution is -0.129. The zero-order valence-corrected chi connectivity index (χ0v) is 8.06. The van der Waals surface area contributed by atoms with Gasteiger partial charge in [0.2, 0.25) is 11.8 Å². The van der Waals surface area contributed by atoms with E-state index in [1.54, 1.807) is 0 Å². The molecule has 0 aromatic heterocycles. The second-order valence-electron chi connectivity index (χ2n) is 3.61. The first-order chi connectivity index (χ1) is 6.91. The summed E-state index contributed by atoms with van der Waals surface area (Å²) >= 11 is 0. The van der Waals surface area contributed by atoms with E-state index in [1.165, 1.54) is 0 Å². The molecule has 0 unspecified atom stereocenters. The molecule has 0 bridgehead atoms. The zero-order valence-electron chi connectivity index (χ0n) is 8.06. The van der Waals surface area contributed by atoms with Gasteiger partial charge in [0.1, 0.15) is 0 Å². The van der Waals surface area contributed by atoms with Crippen molar-refractivity contribution in [1.82, 2.24) is 10.9 Å². The smallest absolute Gasteiger partial charge is 0.330 e. The summed E-state index contributed by atoms with van der Waals surface area (Å²) in [6, 6.07) is -0.885. The first-order valence-corrected chi connectivity index (χ1v) is 4.64. The fourth-order valence-corrected chi connectivity index (χ4v) is 1.53. The Kier molecular flexibility index (Phi) is 3.43. The first kappa shape index (κ1) is 11.7. The third kappa shape index (κ3) is 3.69. The summed E-state index contributed by atoms with van der Waals surface area (Å²) in [4.78, 5) is 21.6. The van der Waals surface area contributed by atoms with E-state index < -0.39 is 23.8 Å². The van der Waals surface area contributed by atoms with Crippen molar-refractivity contribution >= 4 is 11.9 Å². The highest BCUT2D eigenvalue weighted by Gasteiger charge is 2.37. The maximum absolute atomic E-state index is 12.7. The van der Waals surface area contributed by atoms with Crippen LogP contribution in [0.2, 0.25) is 0 Å². The molecule has 3 amide bonds. The molecule has 86 valence electrons. The molecule has 0 aliphatic heterocycles. The van der Waals surface area contributed by atoms with Crippen molar-refractivity contribution in [3.8, 4) is 0 Å². The number of hydrazine groups is 1. The Morgan fingerprint density at radius 2 is 1.73 bits per heavy atom. The van der Waals surface area contributed by atoms with E-state index in [0.717, 1.165) is 0 Å². The van der Waals surface area contributed by atoms with Crippen LogP contribution in [0.25, 0.3) is 0 Å². The van der Waals surface area contributed by atoms with E-state index in [0.29, 0.717) is 0 Å². The Morgan fingerprint density at radius 1 is 1.20 bits per heavy atom. The average molecular weight is 221 g/mol. The largest absolute Gasteiger partial charge is 0.350 e. The molecule has 0 aromatic carbocycles. The lowest BCUT2D eigenvalue weighted by atomic mass is 9.86. The predicted molar refractivity (Wildman–Crippen MR) is 47.8 cm³/mol. The van der Waals surface area contributed by atoms with Crippen LogP contribution in [0.4, 0.5) is 13.6 Å². The van der Waals surface area contributed by atoms with Gasteiger partial charge < -0.3 is 5.73 Å². The van der Waals surface area contributed by atoms with Crippen molar-refractivity contribution < 1.29 is 18.4 Å². The predicted octanol–water partition coefficient (Wildman–Crippen LogP) is 0.511. The standard InChI is InChI=1S/C8H13F2N3O2/c9-8(10)3-1-5(2-4-8)6(14)12-13-7(11)15/h5H,1-4H2,(H,12,14)(H3,11,13,15). The van der Waals surface area contributed by atoms with Gasteiger partial charge in [-0.15, -0.1) is 0 Å². The van der Waals surface area contributed by atoms with Gasteiger partial charge in [-0.3, -0.25) is 10.2 Å². The molecular formula is C8H13F2N3O2. The summed E-state index contributed by atoms with van der Waals surface area (Å²) in [7, 11) is 0. The maximum Gasteiger partial charge on any atom is 0.330 e. The van der Waals surface area contributed by atoms with Gasteiger partial charge in [0.15, 0.2) is 0 Å². The number of hydrogen-bond acceptors (Lipinski definition) is 2. The zero-order chi connectivity index (χ0) is 11.5. The van der Waals surface area contributed by atoms with Gasteiger partial charge >= 0.3 is 6.03 Å². The molecule has 0 heterocycles. The molecule has 1 rings (SSSR count). The lowest BCUT2D eigenvalue weighted by Crippen LogP contribution is -2.47. The van der Waals surface area contributed by atoms with Crippen LogP contribution in [0.15, 0.2) is 0 Å². The fraction of sp³-hybridized carbons (Fsp3) is 0.750. The van der Waals surface area contributed by atoms with Crippen molar-refractivity contribution in [2.75, 3.05) is 0 Å². The Balaban J connectivity index is 2.33. The van der Waals surface area contributed by atoms with Crippen molar-refractivity contribution in [3.63, 3.8) is 0 Å². The maximum atomic E-state index is 12.7. The van der Waals surface area contributed by atoms with Gasteiger partial charge in [0, 0.05) is 18.8 Å². The van der Waals surface area contributed by atoms with Gasteiger partial charge in [-0.1, -0.05) is 0 Å². The molecule has 7 heteroatoms. The van der Waals surface area contributed by atoms with Crippen LogP contribution in [0, 0.1) is 5.92 Å². The van der Waals surface area contributed by atoms with Gasteiger partial charge in [-0.25, -0.2) is 19.0 Å². The molecule has 0 radical (unpaired) electrons. The molecule has 1 aliphatic rings. The molecule has 0 spiro atoms. The van der Waals surface area contributed by atoms with E-state index in [2.05, 4.69) is 5.43 Å². The van der Waals surface area contributed by atoms with Crippen LogP contribution >= 0.6 is 0 Å². The van der Waals surface area contributed by atoms with Crippen molar-refractivity contribution in [1.29, 1.82) is 0 Å². The molecule has 15 heavy (non-hydrogen) atoms. The Hall–Kier alpha value is -1.40. The second-order valence-corrected chi connectivity index (χ2v) is 3.61. The number of amides is 3. The normalized spacial score (nSPS) is 20.7. The molecule has 1 saturated carbocycles. The first-order valence-electron chi connectivity index (χ1n) is 4.64. The number of rotatable bonds is 1. The number of carbonyl (C=O) groups is 2. The highest BCUT2D eigenvalue weighted by molar-refractivity contribution is 5.82. The topological polar surface area (TPSA) is 84.2 Å². The number of nitrogens with one attached hydrogen (secondary N) is 2. The highest BCUT2D eigenvalue weighted by atomic mass is 19.3. The minimum Gasteiger partial charge on any atom is -0.350 e. The average Bonchev–Trinajstić information content (AvgIpc) is 2.14. The molecule has 4 N–H and O–H groups in total. The number of halogens is 2. The number of alkyl halides is 2. The Labute approximate surface area is 85.4 Å². The number of urea groups is 1. The molecule has 1 aliphatic carbocycles. The number of hydrogen-bond donors (Lipinski definition) is 3. The minimum atomic E-state index is -2.66. The van der Waals surface area contributed by atoms with Gasteiger partial charge in [-0.2, -0.15) is 0 Å². The Morgan fingerprint density at radius 3 is 2.20 bits per heavy atom. The van der Waals surface area contributed by atoms with Crippen LogP contribution in [-0.4, -0.2) is 17.9 Å². The van der Waals surface area contributed by atoms with Crippen LogP contribution in [0.1, 0.15) is 25.7 Å². The molecule has 5 nitrogen and oxygen atoms in total. The van der Waals surface area contributed by atoms with Crippen molar-refractivity contribution in [3.05, 3.63) is 0 Å². The number of nitrogens with two attached hydrogens (primary N) is 1. The van der Waals surface area contributed by atoms with E-state index >= 15 is 0 Å². The van der Waals surface area contributed by atoms with E-state index in [-0.39, 0.29) is 25.7 Å². The van der Waals surface area contributed by atoms with E-state index in [4.69, 9.17) is 5.73 Å². The number of primary amides is 1. The van der Waals surface area contributed by atoms with Crippen LogP contribution < -0.4 is 16.6 Å². The SMILES string of the molecule is NC(=O)NNC(=O)C1CCC(F)(F)CC1. The lowest BCUT2D eigenvalue weighted by Gasteiger charge is -2.27. The van der Waals surface area contributed by atoms with Crippen LogP contribution in [-0.2, 0) is 4.79 Å². The van der Waals surface area contributed by atoms with E-state index in [1.807, 2.05) is 5.43 Å². The summed E-state index contributed by atoms with van der Waals surface area (Å²) in [6.07, 6.45) is -0.331.